The van der Waals surface area contributed by atoms with Crippen LogP contribution in [0.3, 0.4) is 0 Å². The molecule has 1 aliphatic rings. The molecule has 1 aliphatic carbocycles. The van der Waals surface area contributed by atoms with E-state index in [1.54, 1.807) is 11.3 Å². The molecule has 0 aromatic carbocycles. The molecule has 54 valence electrons. The Balaban J connectivity index is 2.34. The number of thiophene rings is 1. The molecular weight excluding hydrogens is 259 g/mol. The molecule has 1 N–H and O–H groups in total. The molecule has 0 amide bonds. The van der Waals surface area contributed by atoms with Gasteiger partial charge in [-0.2, -0.15) is 0 Å². The second kappa shape index (κ2) is 2.19. The van der Waals surface area contributed by atoms with Crippen LogP contribution in [0.5, 0.6) is 0 Å². The summed E-state index contributed by atoms with van der Waals surface area (Å²) in [7, 11) is 0. The first-order valence-corrected chi connectivity index (χ1v) is 5.13. The van der Waals surface area contributed by atoms with Gasteiger partial charge in [0.2, 0.25) is 0 Å². The quantitative estimate of drug-likeness (QED) is 0.773. The van der Waals surface area contributed by atoms with Crippen LogP contribution in [0, 0.1) is 2.88 Å². The van der Waals surface area contributed by atoms with E-state index in [4.69, 9.17) is 0 Å². The Labute approximate surface area is 77.2 Å². The number of rotatable bonds is 1. The highest BCUT2D eigenvalue weighted by Crippen LogP contribution is 2.46. The van der Waals surface area contributed by atoms with Crippen LogP contribution in [-0.2, 0) is 5.60 Å². The summed E-state index contributed by atoms with van der Waals surface area (Å²) in [5, 5.41) is 11.7. The lowest BCUT2D eigenvalue weighted by atomic mass is 10.2. The normalized spacial score (nSPS) is 21.0. The Hall–Kier alpha value is 0.390. The number of hydrogen-bond acceptors (Lipinski definition) is 2. The van der Waals surface area contributed by atoms with Crippen LogP contribution in [0.1, 0.15) is 18.4 Å². The Morgan fingerprint density at radius 3 is 2.70 bits per heavy atom. The van der Waals surface area contributed by atoms with Crippen LogP contribution in [0.2, 0.25) is 0 Å². The molecule has 1 aromatic heterocycles. The molecule has 1 heterocycles. The van der Waals surface area contributed by atoms with Gasteiger partial charge in [0, 0.05) is 0 Å². The molecule has 1 aromatic rings. The smallest absolute Gasteiger partial charge is 0.0907 e. The van der Waals surface area contributed by atoms with Crippen molar-refractivity contribution in [2.24, 2.45) is 0 Å². The molecule has 0 bridgehead atoms. The third-order valence-corrected chi connectivity index (χ3v) is 3.62. The fourth-order valence-corrected chi connectivity index (χ4v) is 2.40. The lowest BCUT2D eigenvalue weighted by Crippen LogP contribution is -2.00. The molecule has 0 radical (unpaired) electrons. The van der Waals surface area contributed by atoms with E-state index in [1.165, 1.54) is 2.88 Å². The Morgan fingerprint density at radius 2 is 2.30 bits per heavy atom. The molecule has 0 atom stereocenters. The van der Waals surface area contributed by atoms with Gasteiger partial charge >= 0.3 is 0 Å². The van der Waals surface area contributed by atoms with Gasteiger partial charge in [0.05, 0.1) is 8.48 Å². The van der Waals surface area contributed by atoms with Crippen LogP contribution in [-0.4, -0.2) is 5.11 Å². The number of hydrogen-bond donors (Lipinski definition) is 1. The van der Waals surface area contributed by atoms with Crippen molar-refractivity contribution < 1.29 is 5.11 Å². The highest BCUT2D eigenvalue weighted by atomic mass is 127. The van der Waals surface area contributed by atoms with Gasteiger partial charge in [0.25, 0.3) is 0 Å². The summed E-state index contributed by atoms with van der Waals surface area (Å²) in [6.45, 7) is 0. The Kier molecular flexibility index (Phi) is 1.54. The second-order valence-electron chi connectivity index (χ2n) is 2.67. The topological polar surface area (TPSA) is 20.2 Å². The maximum Gasteiger partial charge on any atom is 0.0907 e. The van der Waals surface area contributed by atoms with Gasteiger partial charge in [-0.1, -0.05) is 0 Å². The van der Waals surface area contributed by atoms with E-state index in [1.807, 2.05) is 0 Å². The molecule has 2 rings (SSSR count). The summed E-state index contributed by atoms with van der Waals surface area (Å²) in [6, 6.07) is 2.07. The molecule has 0 saturated heterocycles. The molecule has 1 fully saturated rings. The summed E-state index contributed by atoms with van der Waals surface area (Å²) in [5.74, 6) is 0. The van der Waals surface area contributed by atoms with E-state index >= 15 is 0 Å². The molecule has 0 spiro atoms. The molecule has 1 saturated carbocycles. The fraction of sp³-hybridized carbons (Fsp3) is 0.429. The highest BCUT2D eigenvalue weighted by molar-refractivity contribution is 14.1. The van der Waals surface area contributed by atoms with Gasteiger partial charge in [-0.05, 0) is 52.4 Å². The molecule has 10 heavy (non-hydrogen) atoms. The first kappa shape index (κ1) is 7.06. The SMILES string of the molecule is OC1(c2csc(I)c2)CC1. The van der Waals surface area contributed by atoms with Gasteiger partial charge in [0.15, 0.2) is 0 Å². The standard InChI is InChI=1S/C7H7IOS/c8-6-3-5(4-10-6)7(9)1-2-7/h3-4,9H,1-2H2. The number of aliphatic hydroxyl groups is 1. The van der Waals surface area contributed by atoms with Crippen LogP contribution in [0.25, 0.3) is 0 Å². The van der Waals surface area contributed by atoms with Gasteiger partial charge in [0.1, 0.15) is 0 Å². The largest absolute Gasteiger partial charge is 0.385 e. The zero-order valence-electron chi connectivity index (χ0n) is 5.30. The van der Waals surface area contributed by atoms with E-state index in [9.17, 15) is 5.11 Å². The Bertz CT molecular complexity index is 252. The Morgan fingerprint density at radius 1 is 1.60 bits per heavy atom. The van der Waals surface area contributed by atoms with Crippen molar-refractivity contribution in [3.8, 4) is 0 Å². The van der Waals surface area contributed by atoms with Crippen molar-refractivity contribution in [1.82, 2.24) is 0 Å². The average Bonchev–Trinajstić information content (AvgIpc) is 2.45. The summed E-state index contributed by atoms with van der Waals surface area (Å²) in [5.41, 5.74) is 0.682. The maximum absolute atomic E-state index is 9.62. The van der Waals surface area contributed by atoms with Crippen LogP contribution >= 0.6 is 33.9 Å². The maximum atomic E-state index is 9.62. The van der Waals surface area contributed by atoms with Gasteiger partial charge in [-0.15, -0.1) is 11.3 Å². The van der Waals surface area contributed by atoms with Crippen molar-refractivity contribution in [2.75, 3.05) is 0 Å². The minimum absolute atomic E-state index is 0.431. The summed E-state index contributed by atoms with van der Waals surface area (Å²) in [4.78, 5) is 0. The van der Waals surface area contributed by atoms with E-state index < -0.39 is 5.60 Å². The summed E-state index contributed by atoms with van der Waals surface area (Å²) < 4.78 is 1.26. The third kappa shape index (κ3) is 1.10. The van der Waals surface area contributed by atoms with E-state index in [-0.39, 0.29) is 0 Å². The predicted molar refractivity (Wildman–Crippen MR) is 50.2 cm³/mol. The predicted octanol–water partition coefficient (Wildman–Crippen LogP) is 2.33. The minimum atomic E-state index is -0.431. The van der Waals surface area contributed by atoms with Crippen molar-refractivity contribution in [2.45, 2.75) is 18.4 Å². The molecule has 0 unspecified atom stereocenters. The molecular formula is C7H7IOS. The molecule has 3 heteroatoms. The van der Waals surface area contributed by atoms with Crippen molar-refractivity contribution in [1.29, 1.82) is 0 Å². The summed E-state index contributed by atoms with van der Waals surface area (Å²) >= 11 is 3.97. The first-order chi connectivity index (χ1) is 4.71. The second-order valence-corrected chi connectivity index (χ2v) is 5.48. The van der Waals surface area contributed by atoms with Crippen molar-refractivity contribution >= 4 is 33.9 Å². The lowest BCUT2D eigenvalue weighted by molar-refractivity contribution is 0.152. The lowest BCUT2D eigenvalue weighted by Gasteiger charge is -2.01. The van der Waals surface area contributed by atoms with Gasteiger partial charge < -0.3 is 5.11 Å². The van der Waals surface area contributed by atoms with Gasteiger partial charge in [-0.3, -0.25) is 0 Å². The highest BCUT2D eigenvalue weighted by Gasteiger charge is 2.42. The monoisotopic (exact) mass is 266 g/mol. The van der Waals surface area contributed by atoms with Crippen LogP contribution < -0.4 is 0 Å². The van der Waals surface area contributed by atoms with Crippen molar-refractivity contribution in [3.63, 3.8) is 0 Å². The molecule has 0 aliphatic heterocycles. The fourth-order valence-electron chi connectivity index (χ4n) is 0.961. The van der Waals surface area contributed by atoms with Gasteiger partial charge in [-0.25, -0.2) is 0 Å². The molecule has 1 nitrogen and oxygen atoms in total. The van der Waals surface area contributed by atoms with Crippen LogP contribution in [0.15, 0.2) is 11.4 Å². The van der Waals surface area contributed by atoms with E-state index in [2.05, 4.69) is 34.0 Å². The average molecular weight is 266 g/mol. The minimum Gasteiger partial charge on any atom is -0.385 e. The van der Waals surface area contributed by atoms with Crippen molar-refractivity contribution in [3.05, 3.63) is 19.9 Å². The van der Waals surface area contributed by atoms with Crippen LogP contribution in [0.4, 0.5) is 0 Å². The summed E-state index contributed by atoms with van der Waals surface area (Å²) in [6.07, 6.45) is 1.89. The van der Waals surface area contributed by atoms with E-state index in [0.29, 0.717) is 0 Å². The zero-order valence-corrected chi connectivity index (χ0v) is 8.28. The third-order valence-electron chi connectivity index (χ3n) is 1.83. The zero-order chi connectivity index (χ0) is 7.19. The number of halogens is 1. The van der Waals surface area contributed by atoms with E-state index in [0.717, 1.165) is 18.4 Å². The first-order valence-electron chi connectivity index (χ1n) is 3.18.